The first-order valence-corrected chi connectivity index (χ1v) is 11.8. The molecule has 2 aromatic heterocycles. The lowest BCUT2D eigenvalue weighted by molar-refractivity contribution is -0.155. The first kappa shape index (κ1) is 22.2. The summed E-state index contributed by atoms with van der Waals surface area (Å²) in [6, 6.07) is 6.94. The summed E-state index contributed by atoms with van der Waals surface area (Å²) < 4.78 is 34.2. The molecule has 1 saturated heterocycles. The van der Waals surface area contributed by atoms with Crippen LogP contribution in [0.15, 0.2) is 40.3 Å². The van der Waals surface area contributed by atoms with Gasteiger partial charge in [-0.2, -0.15) is 4.31 Å². The molecule has 0 spiro atoms. The summed E-state index contributed by atoms with van der Waals surface area (Å²) in [5.41, 5.74) is 0.231. The molecule has 1 aromatic carbocycles. The van der Waals surface area contributed by atoms with E-state index in [4.69, 9.17) is 4.74 Å². The van der Waals surface area contributed by atoms with Crippen LogP contribution in [0.25, 0.3) is 10.9 Å². The van der Waals surface area contributed by atoms with Crippen molar-refractivity contribution in [3.63, 3.8) is 0 Å². The van der Waals surface area contributed by atoms with Crippen molar-refractivity contribution in [2.45, 2.75) is 37.8 Å². The molecule has 0 aliphatic carbocycles. The number of sulfonamides is 1. The first-order chi connectivity index (χ1) is 15.2. The molecule has 32 heavy (non-hydrogen) atoms. The van der Waals surface area contributed by atoms with Gasteiger partial charge in [-0.15, -0.1) is 0 Å². The summed E-state index contributed by atoms with van der Waals surface area (Å²) in [5, 5.41) is 0.477. The van der Waals surface area contributed by atoms with Crippen molar-refractivity contribution in [3.8, 4) is 0 Å². The lowest BCUT2D eigenvalue weighted by Crippen LogP contribution is -2.40. The Kier molecular flexibility index (Phi) is 5.87. The van der Waals surface area contributed by atoms with E-state index >= 15 is 0 Å². The fraction of sp³-hybridized carbons (Fsp3) is 0.429. The molecule has 1 aliphatic heterocycles. The zero-order chi connectivity index (χ0) is 23.0. The molecule has 1 N–H and O–H groups in total. The van der Waals surface area contributed by atoms with E-state index in [2.05, 4.69) is 15.0 Å². The van der Waals surface area contributed by atoms with Crippen molar-refractivity contribution >= 4 is 26.9 Å². The number of nitrogens with one attached hydrogen (secondary N) is 1. The number of carbonyl (C=O) groups is 1. The Morgan fingerprint density at radius 2 is 1.91 bits per heavy atom. The van der Waals surface area contributed by atoms with Crippen LogP contribution >= 0.6 is 0 Å². The molecule has 0 saturated carbocycles. The predicted octanol–water partition coefficient (Wildman–Crippen LogP) is 1.67. The predicted molar refractivity (Wildman–Crippen MR) is 116 cm³/mol. The number of H-pyrrole nitrogens is 1. The molecular weight excluding hydrogens is 434 g/mol. The van der Waals surface area contributed by atoms with Gasteiger partial charge in [-0.05, 0) is 38.8 Å². The summed E-state index contributed by atoms with van der Waals surface area (Å²) in [6.07, 6.45) is 1.44. The minimum Gasteiger partial charge on any atom is -0.454 e. The maximum atomic E-state index is 12.8. The molecule has 0 amide bonds. The van der Waals surface area contributed by atoms with E-state index in [0.29, 0.717) is 29.6 Å². The van der Waals surface area contributed by atoms with Gasteiger partial charge in [-0.25, -0.2) is 18.4 Å². The SMILES string of the molecule is Cc1nc(S(=O)(=O)N2CCC(C(=O)OC(C)c3nc4ccccc4c(=O)[nH]3)CC2)cn1C. The molecule has 1 aliphatic rings. The lowest BCUT2D eigenvalue weighted by atomic mass is 9.98. The largest absolute Gasteiger partial charge is 0.454 e. The second-order valence-electron chi connectivity index (χ2n) is 7.96. The summed E-state index contributed by atoms with van der Waals surface area (Å²) in [6.45, 7) is 3.79. The zero-order valence-electron chi connectivity index (χ0n) is 18.1. The van der Waals surface area contributed by atoms with Crippen LogP contribution in [-0.4, -0.2) is 51.3 Å². The molecule has 11 heteroatoms. The third-order valence-electron chi connectivity index (χ3n) is 5.79. The van der Waals surface area contributed by atoms with Crippen LogP contribution in [0.2, 0.25) is 0 Å². The first-order valence-electron chi connectivity index (χ1n) is 10.4. The topological polar surface area (TPSA) is 127 Å². The Bertz CT molecular complexity index is 1300. The number of nitrogens with zero attached hydrogens (tertiary/aromatic N) is 4. The molecule has 1 unspecified atom stereocenters. The smallest absolute Gasteiger partial charge is 0.309 e. The molecule has 0 bridgehead atoms. The van der Waals surface area contributed by atoms with E-state index in [-0.39, 0.29) is 29.5 Å². The molecule has 0 radical (unpaired) electrons. The molecule has 10 nitrogen and oxygen atoms in total. The molecule has 4 rings (SSSR count). The van der Waals surface area contributed by atoms with Crippen LogP contribution in [0.1, 0.15) is 37.5 Å². The molecule has 3 aromatic rings. The van der Waals surface area contributed by atoms with Crippen LogP contribution in [-0.2, 0) is 26.6 Å². The fourth-order valence-corrected chi connectivity index (χ4v) is 5.23. The highest BCUT2D eigenvalue weighted by Gasteiger charge is 2.34. The highest BCUT2D eigenvalue weighted by atomic mass is 32.2. The number of hydrogen-bond acceptors (Lipinski definition) is 7. The number of rotatable bonds is 5. The minimum absolute atomic E-state index is 0.0125. The monoisotopic (exact) mass is 459 g/mol. The normalized spacial score (nSPS) is 16.8. The summed E-state index contributed by atoms with van der Waals surface area (Å²) in [7, 11) is -1.97. The second kappa shape index (κ2) is 8.47. The van der Waals surface area contributed by atoms with Crippen LogP contribution < -0.4 is 5.56 Å². The van der Waals surface area contributed by atoms with Crippen LogP contribution in [0.3, 0.4) is 0 Å². The summed E-state index contributed by atoms with van der Waals surface area (Å²) in [4.78, 5) is 36.1. The maximum Gasteiger partial charge on any atom is 0.309 e. The van der Waals surface area contributed by atoms with Gasteiger partial charge in [0.05, 0.1) is 16.8 Å². The van der Waals surface area contributed by atoms with Crippen LogP contribution in [0.4, 0.5) is 0 Å². The number of piperidine rings is 1. The summed E-state index contributed by atoms with van der Waals surface area (Å²) in [5.74, 6) is 0.0181. The number of ether oxygens (including phenoxy) is 1. The van der Waals surface area contributed by atoms with Gasteiger partial charge in [-0.3, -0.25) is 9.59 Å². The number of hydrogen-bond donors (Lipinski definition) is 1. The number of aryl methyl sites for hydroxylation is 2. The van der Waals surface area contributed by atoms with Crippen molar-refractivity contribution in [2.75, 3.05) is 13.1 Å². The second-order valence-corrected chi connectivity index (χ2v) is 9.85. The van der Waals surface area contributed by atoms with Crippen molar-refractivity contribution < 1.29 is 17.9 Å². The van der Waals surface area contributed by atoms with Gasteiger partial charge in [0.1, 0.15) is 5.82 Å². The number of imidazole rings is 1. The number of para-hydroxylation sites is 1. The highest BCUT2D eigenvalue weighted by Crippen LogP contribution is 2.26. The van der Waals surface area contributed by atoms with Gasteiger partial charge in [-0.1, -0.05) is 12.1 Å². The molecular formula is C21H25N5O5S. The zero-order valence-corrected chi connectivity index (χ0v) is 18.9. The number of benzene rings is 1. The molecule has 1 atom stereocenters. The number of esters is 1. The van der Waals surface area contributed by atoms with Gasteiger partial charge in [0, 0.05) is 26.3 Å². The Labute approximate surface area is 185 Å². The van der Waals surface area contributed by atoms with Gasteiger partial charge in [0.25, 0.3) is 15.6 Å². The third kappa shape index (κ3) is 4.17. The fourth-order valence-electron chi connectivity index (χ4n) is 3.74. The third-order valence-corrected chi connectivity index (χ3v) is 7.56. The summed E-state index contributed by atoms with van der Waals surface area (Å²) >= 11 is 0. The van der Waals surface area contributed by atoms with E-state index in [1.165, 1.54) is 10.5 Å². The van der Waals surface area contributed by atoms with Crippen molar-refractivity contribution in [3.05, 3.63) is 52.5 Å². The molecule has 3 heterocycles. The average Bonchev–Trinajstić information content (AvgIpc) is 3.13. The van der Waals surface area contributed by atoms with Crippen molar-refractivity contribution in [1.82, 2.24) is 23.8 Å². The van der Waals surface area contributed by atoms with Crippen LogP contribution in [0, 0.1) is 12.8 Å². The Hall–Kier alpha value is -3.05. The van der Waals surface area contributed by atoms with Gasteiger partial charge in [0.15, 0.2) is 17.0 Å². The Morgan fingerprint density at radius 1 is 1.22 bits per heavy atom. The molecule has 1 fully saturated rings. The Morgan fingerprint density at radius 3 is 2.56 bits per heavy atom. The van der Waals surface area contributed by atoms with Crippen molar-refractivity contribution in [2.24, 2.45) is 13.0 Å². The molecule has 170 valence electrons. The van der Waals surface area contributed by atoms with E-state index in [0.717, 1.165) is 0 Å². The van der Waals surface area contributed by atoms with E-state index < -0.39 is 28.0 Å². The highest BCUT2D eigenvalue weighted by molar-refractivity contribution is 7.89. The standard InChI is InChI=1S/C21H25N5O5S/c1-13(19-23-17-7-5-4-6-16(17)20(27)24-19)31-21(28)15-8-10-26(11-9-15)32(29,30)18-12-25(3)14(2)22-18/h4-7,12-13,15H,8-11H2,1-3H3,(H,23,24,27). The average molecular weight is 460 g/mol. The van der Waals surface area contributed by atoms with Gasteiger partial charge >= 0.3 is 5.97 Å². The van der Waals surface area contributed by atoms with Crippen molar-refractivity contribution in [1.29, 1.82) is 0 Å². The van der Waals surface area contributed by atoms with Gasteiger partial charge in [0.2, 0.25) is 0 Å². The number of aromatic nitrogens is 4. The van der Waals surface area contributed by atoms with Gasteiger partial charge < -0.3 is 14.3 Å². The van der Waals surface area contributed by atoms with E-state index in [1.807, 2.05) is 0 Å². The Balaban J connectivity index is 1.40. The minimum atomic E-state index is -3.70. The van der Waals surface area contributed by atoms with E-state index in [1.54, 1.807) is 49.7 Å². The van der Waals surface area contributed by atoms with E-state index in [9.17, 15) is 18.0 Å². The quantitative estimate of drug-likeness (QED) is 0.575. The maximum absolute atomic E-state index is 12.8. The number of aromatic amines is 1. The lowest BCUT2D eigenvalue weighted by Gasteiger charge is -2.30. The number of carbonyl (C=O) groups excluding carboxylic acids is 1. The van der Waals surface area contributed by atoms with Crippen LogP contribution in [0.5, 0.6) is 0 Å². The number of fused-ring (bicyclic) bond motifs is 1.